The van der Waals surface area contributed by atoms with Gasteiger partial charge in [0.05, 0.1) is 22.1 Å². The summed E-state index contributed by atoms with van der Waals surface area (Å²) >= 11 is 0. The number of hydrogen-bond donors (Lipinski definition) is 3. The van der Waals surface area contributed by atoms with Crippen molar-refractivity contribution in [3.8, 4) is 28.1 Å². The van der Waals surface area contributed by atoms with Crippen LogP contribution in [-0.4, -0.2) is 20.3 Å². The lowest BCUT2D eigenvalue weighted by atomic mass is 9.96. The molecule has 0 bridgehead atoms. The Hall–Kier alpha value is -4.32. The second-order valence-electron chi connectivity index (χ2n) is 7.65. The highest BCUT2D eigenvalue weighted by Gasteiger charge is 2.26. The molecule has 3 aromatic carbocycles. The van der Waals surface area contributed by atoms with Crippen LogP contribution in [0.2, 0.25) is 0 Å². The van der Waals surface area contributed by atoms with Crippen LogP contribution in [0.15, 0.2) is 76.1 Å². The molecule has 0 spiro atoms. The fourth-order valence-electron chi connectivity index (χ4n) is 4.21. The van der Waals surface area contributed by atoms with Gasteiger partial charge in [0.2, 0.25) is 0 Å². The number of H-pyrrole nitrogens is 2. The summed E-state index contributed by atoms with van der Waals surface area (Å²) in [4.78, 5) is 18.0. The van der Waals surface area contributed by atoms with Crippen molar-refractivity contribution in [3.63, 3.8) is 0 Å². The minimum Gasteiger partial charge on any atom is -0.506 e. The topological polar surface area (TPSA) is 94.9 Å². The number of nitrogens with one attached hydrogen (secondary N) is 2. The molecule has 0 radical (unpaired) electrons. The molecule has 0 aliphatic heterocycles. The minimum atomic E-state index is -0.605. The molecule has 150 valence electrons. The predicted octanol–water partition coefficient (Wildman–Crippen LogP) is 5.50. The van der Waals surface area contributed by atoms with Crippen molar-refractivity contribution < 1.29 is 9.52 Å². The first-order valence-corrected chi connectivity index (χ1v) is 9.92. The Morgan fingerprint density at radius 1 is 0.968 bits per heavy atom. The summed E-state index contributed by atoms with van der Waals surface area (Å²) < 4.78 is 5.59. The van der Waals surface area contributed by atoms with Gasteiger partial charge in [-0.3, -0.25) is 0 Å². The lowest BCUT2D eigenvalue weighted by Crippen LogP contribution is -2.04. The Balaban J connectivity index is 1.82. The first kappa shape index (κ1) is 17.5. The van der Waals surface area contributed by atoms with Crippen molar-refractivity contribution in [1.29, 1.82) is 0 Å². The second kappa shape index (κ2) is 6.34. The van der Waals surface area contributed by atoms with E-state index in [1.165, 1.54) is 0 Å². The van der Waals surface area contributed by atoms with E-state index in [9.17, 15) is 9.90 Å². The molecule has 6 aromatic rings. The number of aromatic nitrogens is 3. The van der Waals surface area contributed by atoms with Crippen LogP contribution >= 0.6 is 0 Å². The number of aryl methyl sites for hydroxylation is 1. The van der Waals surface area contributed by atoms with Gasteiger partial charge in [-0.15, -0.1) is 0 Å². The maximum absolute atomic E-state index is 13.1. The highest BCUT2D eigenvalue weighted by Crippen LogP contribution is 2.44. The van der Waals surface area contributed by atoms with Gasteiger partial charge in [0.1, 0.15) is 16.9 Å². The standard InChI is InChI=1S/C25H17N3O3/c1-13-6-8-14(9-7-13)22-20(19-17(27-22)11-10-15-12-26-28-23(15)19)21-24(29)16-4-2-3-5-18(16)31-25(21)30/h2-12,26,28-29H,1H3. The van der Waals surface area contributed by atoms with E-state index in [1.807, 2.05) is 49.5 Å². The highest BCUT2D eigenvalue weighted by atomic mass is 16.4. The number of fused-ring (bicyclic) bond motifs is 4. The third kappa shape index (κ3) is 2.51. The maximum atomic E-state index is 13.1. The van der Waals surface area contributed by atoms with Crippen molar-refractivity contribution in [2.45, 2.75) is 6.92 Å². The Morgan fingerprint density at radius 2 is 1.77 bits per heavy atom. The van der Waals surface area contributed by atoms with Crippen molar-refractivity contribution >= 4 is 32.8 Å². The Bertz CT molecular complexity index is 1670. The van der Waals surface area contributed by atoms with Gasteiger partial charge in [-0.1, -0.05) is 42.0 Å². The third-order valence-corrected chi connectivity index (χ3v) is 5.72. The maximum Gasteiger partial charge on any atom is 0.348 e. The SMILES string of the molecule is Cc1ccc(-c2nc3ccc4c[nH][nH]c4c3c2-c2c(O)c3ccccc3oc2=O)cc1. The van der Waals surface area contributed by atoms with Gasteiger partial charge in [-0.2, -0.15) is 0 Å². The normalized spacial score (nSPS) is 11.6. The van der Waals surface area contributed by atoms with Gasteiger partial charge in [0.15, 0.2) is 0 Å². The molecule has 6 rings (SSSR count). The third-order valence-electron chi connectivity index (χ3n) is 5.72. The molecule has 0 saturated carbocycles. The number of hydrogen-bond acceptors (Lipinski definition) is 4. The molecule has 3 N–H and O–H groups in total. The molecule has 0 unspecified atom stereocenters. The molecule has 0 saturated heterocycles. The molecule has 0 aliphatic rings. The smallest absolute Gasteiger partial charge is 0.348 e. The van der Waals surface area contributed by atoms with Crippen LogP contribution in [0.4, 0.5) is 0 Å². The zero-order valence-electron chi connectivity index (χ0n) is 16.6. The van der Waals surface area contributed by atoms with E-state index in [4.69, 9.17) is 9.40 Å². The predicted molar refractivity (Wildman–Crippen MR) is 121 cm³/mol. The van der Waals surface area contributed by atoms with E-state index in [1.54, 1.807) is 24.3 Å². The number of aromatic hydroxyl groups is 1. The molecular formula is C25H17N3O3. The van der Waals surface area contributed by atoms with Gasteiger partial charge in [-0.25, -0.2) is 9.78 Å². The van der Waals surface area contributed by atoms with Crippen molar-refractivity contribution in [2.24, 2.45) is 0 Å². The largest absolute Gasteiger partial charge is 0.506 e. The Morgan fingerprint density at radius 3 is 2.61 bits per heavy atom. The number of benzene rings is 3. The monoisotopic (exact) mass is 407 g/mol. The summed E-state index contributed by atoms with van der Waals surface area (Å²) in [5, 5.41) is 19.5. The Labute approximate surface area is 175 Å². The number of nitrogens with zero attached hydrogens (tertiary/aromatic N) is 1. The molecule has 0 aliphatic carbocycles. The van der Waals surface area contributed by atoms with Gasteiger partial charge in [0.25, 0.3) is 0 Å². The van der Waals surface area contributed by atoms with Crippen LogP contribution in [0.25, 0.3) is 55.2 Å². The first-order chi connectivity index (χ1) is 15.1. The molecule has 3 heterocycles. The van der Waals surface area contributed by atoms with Crippen LogP contribution in [0, 0.1) is 6.92 Å². The zero-order valence-corrected chi connectivity index (χ0v) is 16.6. The van der Waals surface area contributed by atoms with Crippen molar-refractivity contribution in [1.82, 2.24) is 15.2 Å². The van der Waals surface area contributed by atoms with E-state index in [0.29, 0.717) is 22.2 Å². The van der Waals surface area contributed by atoms with Crippen LogP contribution in [-0.2, 0) is 0 Å². The summed E-state index contributed by atoms with van der Waals surface area (Å²) in [6.07, 6.45) is 1.85. The van der Waals surface area contributed by atoms with Crippen LogP contribution in [0.3, 0.4) is 0 Å². The van der Waals surface area contributed by atoms with Crippen LogP contribution < -0.4 is 5.63 Å². The van der Waals surface area contributed by atoms with Gasteiger partial charge in [0, 0.05) is 28.1 Å². The zero-order chi connectivity index (χ0) is 21.1. The van der Waals surface area contributed by atoms with Gasteiger partial charge >= 0.3 is 5.63 Å². The molecular weight excluding hydrogens is 390 g/mol. The molecule has 0 fully saturated rings. The molecule has 31 heavy (non-hydrogen) atoms. The number of para-hydroxylation sites is 1. The summed E-state index contributed by atoms with van der Waals surface area (Å²) in [6, 6.07) is 18.8. The summed E-state index contributed by atoms with van der Waals surface area (Å²) in [5.41, 5.74) is 4.53. The van der Waals surface area contributed by atoms with Crippen molar-refractivity contribution in [3.05, 3.63) is 82.8 Å². The first-order valence-electron chi connectivity index (χ1n) is 9.92. The van der Waals surface area contributed by atoms with E-state index < -0.39 is 5.63 Å². The fraction of sp³-hybridized carbons (Fsp3) is 0.0400. The molecule has 0 atom stereocenters. The van der Waals surface area contributed by atoms with Gasteiger partial charge < -0.3 is 19.7 Å². The molecule has 0 amide bonds. The van der Waals surface area contributed by atoms with Gasteiger partial charge in [-0.05, 0) is 31.2 Å². The van der Waals surface area contributed by atoms with Crippen molar-refractivity contribution in [2.75, 3.05) is 0 Å². The van der Waals surface area contributed by atoms with E-state index in [0.717, 1.165) is 32.9 Å². The van der Waals surface area contributed by atoms with E-state index in [-0.39, 0.29) is 11.3 Å². The molecule has 3 aromatic heterocycles. The lowest BCUT2D eigenvalue weighted by Gasteiger charge is -2.09. The summed E-state index contributed by atoms with van der Waals surface area (Å²) in [5.74, 6) is -0.109. The number of rotatable bonds is 2. The summed E-state index contributed by atoms with van der Waals surface area (Å²) in [7, 11) is 0. The fourth-order valence-corrected chi connectivity index (χ4v) is 4.21. The average Bonchev–Trinajstić information content (AvgIpc) is 3.39. The quantitative estimate of drug-likeness (QED) is 0.330. The number of aromatic amines is 2. The van der Waals surface area contributed by atoms with Crippen LogP contribution in [0.5, 0.6) is 5.75 Å². The highest BCUT2D eigenvalue weighted by molar-refractivity contribution is 6.17. The minimum absolute atomic E-state index is 0.109. The Kier molecular flexibility index (Phi) is 3.58. The van der Waals surface area contributed by atoms with E-state index in [2.05, 4.69) is 10.2 Å². The molecule has 6 nitrogen and oxygen atoms in total. The average molecular weight is 407 g/mol. The van der Waals surface area contributed by atoms with E-state index >= 15 is 0 Å². The molecule has 6 heteroatoms. The second-order valence-corrected chi connectivity index (χ2v) is 7.65. The summed E-state index contributed by atoms with van der Waals surface area (Å²) in [6.45, 7) is 2.02. The lowest BCUT2D eigenvalue weighted by molar-refractivity contribution is 0.471. The van der Waals surface area contributed by atoms with Crippen LogP contribution in [0.1, 0.15) is 5.56 Å².